The van der Waals surface area contributed by atoms with Crippen molar-refractivity contribution >= 4 is 34.3 Å². The summed E-state index contributed by atoms with van der Waals surface area (Å²) in [6, 6.07) is 16.1. The molecule has 4 aromatic rings. The first kappa shape index (κ1) is 19.8. The molecule has 1 unspecified atom stereocenters. The van der Waals surface area contributed by atoms with Crippen molar-refractivity contribution in [2.75, 3.05) is 11.1 Å². The fraction of sp³-hybridized carbons (Fsp3) is 0.182. The van der Waals surface area contributed by atoms with Crippen LogP contribution in [-0.2, 0) is 6.42 Å². The Labute approximate surface area is 178 Å². The Morgan fingerprint density at radius 3 is 2.60 bits per heavy atom. The molecule has 0 radical (unpaired) electrons. The zero-order valence-electron chi connectivity index (χ0n) is 16.6. The van der Waals surface area contributed by atoms with Crippen LogP contribution >= 0.6 is 11.6 Å². The first-order valence-corrected chi connectivity index (χ1v) is 10.0. The normalized spacial score (nSPS) is 12.1. The van der Waals surface area contributed by atoms with Gasteiger partial charge in [-0.05, 0) is 37.6 Å². The largest absolute Gasteiger partial charge is 0.368 e. The molecular formula is C22H21ClN6O. The Balaban J connectivity index is 1.89. The van der Waals surface area contributed by atoms with Crippen molar-refractivity contribution in [3.05, 3.63) is 81.5 Å². The molecule has 0 aliphatic heterocycles. The van der Waals surface area contributed by atoms with Crippen molar-refractivity contribution in [2.24, 2.45) is 0 Å². The van der Waals surface area contributed by atoms with Gasteiger partial charge in [0.2, 0.25) is 5.95 Å². The van der Waals surface area contributed by atoms with Crippen LogP contribution in [0, 0.1) is 0 Å². The first-order valence-electron chi connectivity index (χ1n) is 9.64. The maximum absolute atomic E-state index is 13.4. The van der Waals surface area contributed by atoms with E-state index in [1.54, 1.807) is 22.8 Å². The van der Waals surface area contributed by atoms with Gasteiger partial charge in [-0.15, -0.1) is 0 Å². The molecule has 0 saturated heterocycles. The van der Waals surface area contributed by atoms with Gasteiger partial charge in [-0.25, -0.2) is 9.97 Å². The smallest absolute Gasteiger partial charge is 0.267 e. The minimum atomic E-state index is -0.347. The average molecular weight is 421 g/mol. The molecule has 152 valence electrons. The zero-order chi connectivity index (χ0) is 21.3. The first-order chi connectivity index (χ1) is 14.5. The van der Waals surface area contributed by atoms with E-state index in [-0.39, 0.29) is 17.5 Å². The fourth-order valence-electron chi connectivity index (χ4n) is 3.38. The summed E-state index contributed by atoms with van der Waals surface area (Å²) in [5.74, 6) is 1.31. The number of para-hydroxylation sites is 1. The average Bonchev–Trinajstić information content (AvgIpc) is 2.73. The predicted molar refractivity (Wildman–Crippen MR) is 120 cm³/mol. The van der Waals surface area contributed by atoms with E-state index < -0.39 is 0 Å². The number of halogens is 1. The Kier molecular flexibility index (Phi) is 5.37. The lowest BCUT2D eigenvalue weighted by Gasteiger charge is -2.20. The summed E-state index contributed by atoms with van der Waals surface area (Å²) in [4.78, 5) is 26.7. The highest BCUT2D eigenvalue weighted by molar-refractivity contribution is 6.35. The van der Waals surface area contributed by atoms with E-state index in [9.17, 15) is 4.79 Å². The van der Waals surface area contributed by atoms with E-state index in [0.29, 0.717) is 33.3 Å². The highest BCUT2D eigenvalue weighted by Gasteiger charge is 2.20. The lowest BCUT2D eigenvalue weighted by atomic mass is 10.2. The van der Waals surface area contributed by atoms with Gasteiger partial charge in [-0.2, -0.15) is 4.98 Å². The molecule has 4 rings (SSSR count). The third-order valence-corrected chi connectivity index (χ3v) is 5.11. The number of fused-ring (bicyclic) bond motifs is 1. The molecular weight excluding hydrogens is 400 g/mol. The third kappa shape index (κ3) is 3.71. The van der Waals surface area contributed by atoms with Gasteiger partial charge >= 0.3 is 0 Å². The van der Waals surface area contributed by atoms with Crippen molar-refractivity contribution < 1.29 is 0 Å². The van der Waals surface area contributed by atoms with Crippen LogP contribution in [0.2, 0.25) is 5.02 Å². The monoisotopic (exact) mass is 420 g/mol. The molecule has 0 aliphatic carbocycles. The summed E-state index contributed by atoms with van der Waals surface area (Å²) in [6.07, 6.45) is 0.733. The van der Waals surface area contributed by atoms with E-state index in [2.05, 4.69) is 15.3 Å². The molecule has 0 saturated carbocycles. The van der Waals surface area contributed by atoms with Crippen LogP contribution in [0.15, 0.2) is 59.4 Å². The second kappa shape index (κ2) is 8.12. The molecule has 30 heavy (non-hydrogen) atoms. The molecule has 0 bridgehead atoms. The standard InChI is InChI=1S/C22H21ClN6O/c1-3-14-12-18(28-22(24)26-14)25-13(2)20-27-17-11-7-10-16(23)19(17)21(30)29(20)15-8-5-4-6-9-15/h4-13H,3H2,1-2H3,(H3,24,25,26,28). The molecule has 2 heterocycles. The van der Waals surface area contributed by atoms with Crippen LogP contribution in [0.5, 0.6) is 0 Å². The molecule has 8 heteroatoms. The summed E-state index contributed by atoms with van der Waals surface area (Å²) in [5, 5.41) is 4.06. The van der Waals surface area contributed by atoms with Crippen molar-refractivity contribution in [3.63, 3.8) is 0 Å². The van der Waals surface area contributed by atoms with Crippen molar-refractivity contribution in [1.82, 2.24) is 19.5 Å². The van der Waals surface area contributed by atoms with E-state index >= 15 is 0 Å². The van der Waals surface area contributed by atoms with E-state index in [1.807, 2.05) is 50.2 Å². The Hall–Kier alpha value is -3.45. The second-order valence-corrected chi connectivity index (χ2v) is 7.31. The van der Waals surface area contributed by atoms with Gasteiger partial charge < -0.3 is 11.1 Å². The molecule has 2 aromatic heterocycles. The third-order valence-electron chi connectivity index (χ3n) is 4.80. The molecule has 2 aromatic carbocycles. The molecule has 1 atom stereocenters. The highest BCUT2D eigenvalue weighted by Crippen LogP contribution is 2.24. The SMILES string of the molecule is CCc1cc(NC(C)c2nc3cccc(Cl)c3c(=O)n2-c2ccccc2)nc(N)n1. The molecule has 0 aliphatic rings. The van der Waals surface area contributed by atoms with Gasteiger partial charge in [0, 0.05) is 11.8 Å². The summed E-state index contributed by atoms with van der Waals surface area (Å²) in [5.41, 5.74) is 7.69. The van der Waals surface area contributed by atoms with Gasteiger partial charge in [0.25, 0.3) is 5.56 Å². The number of nitrogens with two attached hydrogens (primary N) is 1. The molecule has 3 N–H and O–H groups in total. The van der Waals surface area contributed by atoms with Crippen LogP contribution in [0.1, 0.15) is 31.4 Å². The minimum absolute atomic E-state index is 0.197. The summed E-state index contributed by atoms with van der Waals surface area (Å²) >= 11 is 6.33. The van der Waals surface area contributed by atoms with Crippen molar-refractivity contribution in [3.8, 4) is 5.69 Å². The van der Waals surface area contributed by atoms with Crippen molar-refractivity contribution in [1.29, 1.82) is 0 Å². The highest BCUT2D eigenvalue weighted by atomic mass is 35.5. The number of nitrogens with zero attached hydrogens (tertiary/aromatic N) is 4. The van der Waals surface area contributed by atoms with Gasteiger partial charge in [-0.3, -0.25) is 9.36 Å². The van der Waals surface area contributed by atoms with E-state index in [1.165, 1.54) is 0 Å². The van der Waals surface area contributed by atoms with Crippen LogP contribution in [0.3, 0.4) is 0 Å². The lowest BCUT2D eigenvalue weighted by Crippen LogP contribution is -2.27. The minimum Gasteiger partial charge on any atom is -0.368 e. The number of aryl methyl sites for hydroxylation is 1. The fourth-order valence-corrected chi connectivity index (χ4v) is 3.63. The lowest BCUT2D eigenvalue weighted by molar-refractivity contribution is 0.730. The summed E-state index contributed by atoms with van der Waals surface area (Å²) in [7, 11) is 0. The number of nitrogen functional groups attached to an aromatic ring is 1. The Morgan fingerprint density at radius 2 is 1.87 bits per heavy atom. The topological polar surface area (TPSA) is 98.7 Å². The zero-order valence-corrected chi connectivity index (χ0v) is 17.4. The maximum Gasteiger partial charge on any atom is 0.267 e. The number of anilines is 2. The van der Waals surface area contributed by atoms with Crippen LogP contribution in [-0.4, -0.2) is 19.5 Å². The predicted octanol–water partition coefficient (Wildman–Crippen LogP) is 4.15. The van der Waals surface area contributed by atoms with Crippen molar-refractivity contribution in [2.45, 2.75) is 26.3 Å². The second-order valence-electron chi connectivity index (χ2n) is 6.90. The maximum atomic E-state index is 13.4. The summed E-state index contributed by atoms with van der Waals surface area (Å²) < 4.78 is 1.58. The van der Waals surface area contributed by atoms with E-state index in [0.717, 1.165) is 12.1 Å². The molecule has 0 amide bonds. The number of rotatable bonds is 5. The summed E-state index contributed by atoms with van der Waals surface area (Å²) in [6.45, 7) is 3.91. The number of hydrogen-bond donors (Lipinski definition) is 2. The van der Waals surface area contributed by atoms with Gasteiger partial charge in [-0.1, -0.05) is 42.8 Å². The number of aromatic nitrogens is 4. The molecule has 0 fully saturated rings. The van der Waals surface area contributed by atoms with Gasteiger partial charge in [0.05, 0.1) is 27.7 Å². The number of hydrogen-bond acceptors (Lipinski definition) is 6. The van der Waals surface area contributed by atoms with Crippen LogP contribution < -0.4 is 16.6 Å². The molecule has 0 spiro atoms. The number of nitrogens with one attached hydrogen (secondary N) is 1. The van der Waals surface area contributed by atoms with Gasteiger partial charge in [0.15, 0.2) is 0 Å². The molecule has 7 nitrogen and oxygen atoms in total. The van der Waals surface area contributed by atoms with Crippen LogP contribution in [0.4, 0.5) is 11.8 Å². The Morgan fingerprint density at radius 1 is 1.10 bits per heavy atom. The quantitative estimate of drug-likeness (QED) is 0.503. The van der Waals surface area contributed by atoms with Crippen LogP contribution in [0.25, 0.3) is 16.6 Å². The number of benzene rings is 2. The Bertz CT molecular complexity index is 1270. The van der Waals surface area contributed by atoms with E-state index in [4.69, 9.17) is 22.3 Å². The van der Waals surface area contributed by atoms with Gasteiger partial charge in [0.1, 0.15) is 11.6 Å².